The summed E-state index contributed by atoms with van der Waals surface area (Å²) < 4.78 is 7.79. The number of hydrogen-bond acceptors (Lipinski definition) is 6. The fraction of sp³-hybridized carbons (Fsp3) is 0.550. The molecule has 0 unspecified atom stereocenters. The van der Waals surface area contributed by atoms with Gasteiger partial charge in [0.15, 0.2) is 0 Å². The summed E-state index contributed by atoms with van der Waals surface area (Å²) >= 11 is 1.58. The highest BCUT2D eigenvalue weighted by molar-refractivity contribution is 7.14. The van der Waals surface area contributed by atoms with Crippen molar-refractivity contribution in [2.24, 2.45) is 7.05 Å². The number of rotatable bonds is 1. The molecule has 2 aromatic rings. The highest BCUT2D eigenvalue weighted by Gasteiger charge is 2.41. The quantitative estimate of drug-likeness (QED) is 0.784. The van der Waals surface area contributed by atoms with Gasteiger partial charge in [0.05, 0.1) is 35.8 Å². The van der Waals surface area contributed by atoms with Crippen LogP contribution < -0.4 is 10.9 Å². The summed E-state index contributed by atoms with van der Waals surface area (Å²) in [7, 11) is 1.72. The summed E-state index contributed by atoms with van der Waals surface area (Å²) in [6.07, 6.45) is 2.75. The Hall–Kier alpha value is -2.03. The molecule has 1 N–H and O–H groups in total. The lowest BCUT2D eigenvalue weighted by atomic mass is 9.86. The Bertz CT molecular complexity index is 1020. The first-order valence-electron chi connectivity index (χ1n) is 9.81. The van der Waals surface area contributed by atoms with Crippen LogP contribution >= 0.6 is 11.3 Å². The van der Waals surface area contributed by atoms with Crippen LogP contribution in [0.5, 0.6) is 0 Å². The third kappa shape index (κ3) is 2.66. The average Bonchev–Trinajstić information content (AvgIpc) is 3.32. The molecule has 2 aromatic heterocycles. The first kappa shape index (κ1) is 18.0. The largest absolute Gasteiger partial charge is 0.369 e. The molecular formula is C20H24N4O3S. The van der Waals surface area contributed by atoms with E-state index in [0.717, 1.165) is 42.9 Å². The molecule has 0 bridgehead atoms. The van der Waals surface area contributed by atoms with Crippen LogP contribution in [0.1, 0.15) is 50.0 Å². The first-order valence-corrected chi connectivity index (χ1v) is 10.6. The Balaban J connectivity index is 1.45. The molecule has 3 aliphatic heterocycles. The van der Waals surface area contributed by atoms with E-state index in [4.69, 9.17) is 4.74 Å². The number of carbonyl (C=O) groups is 1. The Morgan fingerprint density at radius 1 is 1.32 bits per heavy atom. The normalized spacial score (nSPS) is 20.3. The van der Waals surface area contributed by atoms with Crippen molar-refractivity contribution < 1.29 is 9.53 Å². The molecule has 1 fully saturated rings. The van der Waals surface area contributed by atoms with Crippen LogP contribution in [-0.2, 0) is 36.9 Å². The minimum absolute atomic E-state index is 0.0128. The van der Waals surface area contributed by atoms with Gasteiger partial charge < -0.3 is 15.0 Å². The van der Waals surface area contributed by atoms with E-state index in [0.29, 0.717) is 31.1 Å². The Kier molecular flexibility index (Phi) is 4.19. The summed E-state index contributed by atoms with van der Waals surface area (Å²) in [5, 5.41) is 3.40. The van der Waals surface area contributed by atoms with Gasteiger partial charge in [-0.25, -0.2) is 4.98 Å². The Labute approximate surface area is 167 Å². The molecule has 5 rings (SSSR count). The van der Waals surface area contributed by atoms with Crippen LogP contribution in [0.3, 0.4) is 0 Å². The molecule has 0 atom stereocenters. The highest BCUT2D eigenvalue weighted by atomic mass is 32.1. The molecule has 3 aliphatic rings. The van der Waals surface area contributed by atoms with E-state index < -0.39 is 0 Å². The summed E-state index contributed by atoms with van der Waals surface area (Å²) in [5.41, 5.74) is 2.34. The van der Waals surface area contributed by atoms with Gasteiger partial charge in [0.2, 0.25) is 0 Å². The van der Waals surface area contributed by atoms with Crippen LogP contribution in [0.2, 0.25) is 0 Å². The molecule has 8 heteroatoms. The van der Waals surface area contributed by atoms with Gasteiger partial charge in [0.1, 0.15) is 11.4 Å². The number of ether oxygens (including phenoxy) is 1. The highest BCUT2D eigenvalue weighted by Crippen LogP contribution is 2.44. The fourth-order valence-electron chi connectivity index (χ4n) is 4.56. The lowest BCUT2D eigenvalue weighted by molar-refractivity contribution is -0.0771. The van der Waals surface area contributed by atoms with Gasteiger partial charge in [-0.1, -0.05) is 0 Å². The van der Waals surface area contributed by atoms with E-state index in [9.17, 15) is 9.59 Å². The number of fused-ring (bicyclic) bond motifs is 3. The summed E-state index contributed by atoms with van der Waals surface area (Å²) in [6.45, 7) is 5.15. The van der Waals surface area contributed by atoms with Crippen molar-refractivity contribution in [3.63, 3.8) is 0 Å². The lowest BCUT2D eigenvalue weighted by Gasteiger charge is -2.40. The zero-order valence-corrected chi connectivity index (χ0v) is 17.0. The van der Waals surface area contributed by atoms with Gasteiger partial charge >= 0.3 is 0 Å². The fourth-order valence-corrected chi connectivity index (χ4v) is 5.94. The number of hydrogen-bond donors (Lipinski definition) is 1. The number of piperidine rings is 1. The predicted molar refractivity (Wildman–Crippen MR) is 106 cm³/mol. The Morgan fingerprint density at radius 2 is 2.11 bits per heavy atom. The third-order valence-electron chi connectivity index (χ3n) is 6.26. The average molecular weight is 401 g/mol. The molecule has 5 heterocycles. The van der Waals surface area contributed by atoms with Crippen molar-refractivity contribution >= 4 is 17.2 Å². The van der Waals surface area contributed by atoms with E-state index in [1.807, 2.05) is 6.92 Å². The summed E-state index contributed by atoms with van der Waals surface area (Å²) in [4.78, 5) is 34.0. The van der Waals surface area contributed by atoms with Crippen molar-refractivity contribution in [3.05, 3.63) is 48.8 Å². The van der Waals surface area contributed by atoms with E-state index in [2.05, 4.69) is 16.4 Å². The number of amides is 1. The smallest absolute Gasteiger partial charge is 0.264 e. The maximum absolute atomic E-state index is 13.2. The summed E-state index contributed by atoms with van der Waals surface area (Å²) in [6, 6.07) is 2.05. The maximum Gasteiger partial charge on any atom is 0.264 e. The molecule has 0 radical (unpaired) electrons. The van der Waals surface area contributed by atoms with Gasteiger partial charge in [0, 0.05) is 11.9 Å². The number of thiophene rings is 1. The standard InChI is InChI=1S/C20H24N4O3S/c1-12-22-15-11-24(10-14(15)18(25)23(12)2)19(26)16-9-13-3-8-27-20(17(13)28-16)4-6-21-7-5-20/h9,21H,3-8,10-11H2,1-2H3. The minimum atomic E-state index is -0.232. The molecule has 28 heavy (non-hydrogen) atoms. The molecule has 0 aliphatic carbocycles. The van der Waals surface area contributed by atoms with Crippen molar-refractivity contribution in [2.45, 2.75) is 44.9 Å². The summed E-state index contributed by atoms with van der Waals surface area (Å²) in [5.74, 6) is 0.663. The number of nitrogens with zero attached hydrogens (tertiary/aromatic N) is 3. The van der Waals surface area contributed by atoms with Gasteiger partial charge in [-0.2, -0.15) is 0 Å². The van der Waals surface area contributed by atoms with E-state index in [1.165, 1.54) is 10.4 Å². The van der Waals surface area contributed by atoms with E-state index in [1.54, 1.807) is 27.9 Å². The van der Waals surface area contributed by atoms with E-state index >= 15 is 0 Å². The minimum Gasteiger partial charge on any atom is -0.369 e. The predicted octanol–water partition coefficient (Wildman–Crippen LogP) is 1.46. The van der Waals surface area contributed by atoms with Crippen molar-refractivity contribution in [1.29, 1.82) is 0 Å². The van der Waals surface area contributed by atoms with Crippen molar-refractivity contribution in [2.75, 3.05) is 19.7 Å². The lowest BCUT2D eigenvalue weighted by Crippen LogP contribution is -2.43. The van der Waals surface area contributed by atoms with Crippen LogP contribution in [0.25, 0.3) is 0 Å². The van der Waals surface area contributed by atoms with Crippen LogP contribution in [0.4, 0.5) is 0 Å². The monoisotopic (exact) mass is 400 g/mol. The number of carbonyl (C=O) groups excluding carboxylic acids is 1. The van der Waals surface area contributed by atoms with Gasteiger partial charge in [-0.3, -0.25) is 14.2 Å². The van der Waals surface area contributed by atoms with Crippen LogP contribution in [0, 0.1) is 6.92 Å². The zero-order valence-electron chi connectivity index (χ0n) is 16.2. The SMILES string of the molecule is Cc1nc2c(c(=O)n1C)CN(C(=O)c1cc3c(s1)C1(CCNCC1)OCC3)C2. The van der Waals surface area contributed by atoms with Crippen LogP contribution in [0.15, 0.2) is 10.9 Å². The van der Waals surface area contributed by atoms with Gasteiger partial charge in [0.25, 0.3) is 11.5 Å². The molecule has 1 amide bonds. The van der Waals surface area contributed by atoms with Gasteiger partial charge in [-0.05, 0) is 50.9 Å². The number of aromatic nitrogens is 2. The second-order valence-electron chi connectivity index (χ2n) is 7.92. The number of aryl methyl sites for hydroxylation is 1. The third-order valence-corrected chi connectivity index (χ3v) is 7.62. The molecule has 0 aromatic carbocycles. The second-order valence-corrected chi connectivity index (χ2v) is 8.97. The molecule has 0 saturated carbocycles. The first-order chi connectivity index (χ1) is 13.5. The molecule has 1 spiro atoms. The molecule has 7 nitrogen and oxygen atoms in total. The Morgan fingerprint density at radius 3 is 2.89 bits per heavy atom. The van der Waals surface area contributed by atoms with Crippen molar-refractivity contribution in [3.8, 4) is 0 Å². The second kappa shape index (κ2) is 6.50. The molecular weight excluding hydrogens is 376 g/mol. The van der Waals surface area contributed by atoms with Crippen molar-refractivity contribution in [1.82, 2.24) is 19.8 Å². The topological polar surface area (TPSA) is 76.5 Å². The number of nitrogens with one attached hydrogen (secondary N) is 1. The molecule has 1 saturated heterocycles. The zero-order chi connectivity index (χ0) is 19.5. The maximum atomic E-state index is 13.2. The van der Waals surface area contributed by atoms with Crippen LogP contribution in [-0.4, -0.2) is 40.1 Å². The van der Waals surface area contributed by atoms with Gasteiger partial charge in [-0.15, -0.1) is 11.3 Å². The van der Waals surface area contributed by atoms with E-state index in [-0.39, 0.29) is 17.1 Å². The molecule has 148 valence electrons.